The van der Waals surface area contributed by atoms with Crippen LogP contribution in [0.2, 0.25) is 5.02 Å². The molecule has 9 heteroatoms. The second kappa shape index (κ2) is 7.54. The number of aromatic nitrogens is 3. The number of hydrogen-bond acceptors (Lipinski definition) is 5. The average Bonchev–Trinajstić information content (AvgIpc) is 3.19. The van der Waals surface area contributed by atoms with Gasteiger partial charge in [-0.15, -0.1) is 0 Å². The fourth-order valence-electron chi connectivity index (χ4n) is 3.35. The number of nitrogens with one attached hydrogen (secondary N) is 1. The van der Waals surface area contributed by atoms with E-state index in [9.17, 15) is 8.42 Å². The van der Waals surface area contributed by atoms with Crippen molar-refractivity contribution in [3.63, 3.8) is 0 Å². The van der Waals surface area contributed by atoms with Gasteiger partial charge in [-0.2, -0.15) is 9.40 Å². The molecule has 1 fully saturated rings. The fraction of sp³-hybridized carbons (Fsp3) is 0.263. The van der Waals surface area contributed by atoms with Crippen molar-refractivity contribution < 1.29 is 8.42 Å². The Hall–Kier alpha value is -2.42. The van der Waals surface area contributed by atoms with E-state index >= 15 is 0 Å². The Morgan fingerprint density at radius 2 is 1.75 bits per heavy atom. The van der Waals surface area contributed by atoms with E-state index in [0.717, 1.165) is 17.1 Å². The summed E-state index contributed by atoms with van der Waals surface area (Å²) in [4.78, 5) is 6.42. The summed E-state index contributed by atoms with van der Waals surface area (Å²) in [5.41, 5.74) is 2.57. The number of piperazine rings is 1. The number of halogens is 1. The first-order valence-corrected chi connectivity index (χ1v) is 10.7. The van der Waals surface area contributed by atoms with Gasteiger partial charge in [-0.25, -0.2) is 8.42 Å². The van der Waals surface area contributed by atoms with E-state index in [2.05, 4.69) is 20.1 Å². The maximum Gasteiger partial charge on any atom is 0.243 e. The Labute approximate surface area is 169 Å². The quantitative estimate of drug-likeness (QED) is 0.705. The first-order valence-electron chi connectivity index (χ1n) is 8.92. The number of rotatable bonds is 4. The first kappa shape index (κ1) is 18.9. The van der Waals surface area contributed by atoms with Gasteiger partial charge in [0.15, 0.2) is 5.82 Å². The molecule has 2 aromatic heterocycles. The Balaban J connectivity index is 1.47. The molecule has 1 aromatic carbocycles. The number of aromatic amines is 1. The molecular weight excluding hydrogens is 398 g/mol. The minimum absolute atomic E-state index is 0.310. The minimum Gasteiger partial charge on any atom is -0.352 e. The largest absolute Gasteiger partial charge is 0.352 e. The summed E-state index contributed by atoms with van der Waals surface area (Å²) in [6.45, 7) is 3.72. The molecular formula is C19H20ClN5O2S. The molecule has 0 bridgehead atoms. The summed E-state index contributed by atoms with van der Waals surface area (Å²) in [6.07, 6.45) is 3.47. The highest BCUT2D eigenvalue weighted by atomic mass is 35.5. The van der Waals surface area contributed by atoms with Crippen LogP contribution in [0, 0.1) is 6.92 Å². The molecule has 0 saturated carbocycles. The van der Waals surface area contributed by atoms with Gasteiger partial charge in [-0.3, -0.25) is 10.1 Å². The van der Waals surface area contributed by atoms with Crippen LogP contribution in [0.5, 0.6) is 0 Å². The number of benzene rings is 1. The zero-order valence-electron chi connectivity index (χ0n) is 15.3. The molecule has 1 N–H and O–H groups in total. The van der Waals surface area contributed by atoms with Gasteiger partial charge in [0, 0.05) is 55.2 Å². The van der Waals surface area contributed by atoms with E-state index in [-0.39, 0.29) is 0 Å². The number of aryl methyl sites for hydroxylation is 1. The van der Waals surface area contributed by atoms with E-state index < -0.39 is 10.0 Å². The maximum absolute atomic E-state index is 13.0. The third-order valence-electron chi connectivity index (χ3n) is 4.87. The summed E-state index contributed by atoms with van der Waals surface area (Å²) in [7, 11) is -3.54. The molecule has 1 aliphatic heterocycles. The number of sulfonamides is 1. The third-order valence-corrected chi connectivity index (χ3v) is 7.17. The predicted octanol–water partition coefficient (Wildman–Crippen LogP) is 2.94. The van der Waals surface area contributed by atoms with Crippen LogP contribution in [0.15, 0.2) is 53.7 Å². The smallest absolute Gasteiger partial charge is 0.243 e. The van der Waals surface area contributed by atoms with E-state index in [1.807, 2.05) is 18.2 Å². The number of anilines is 1. The Morgan fingerprint density at radius 1 is 1.04 bits per heavy atom. The molecule has 3 aromatic rings. The summed E-state index contributed by atoms with van der Waals surface area (Å²) in [5, 5.41) is 7.95. The van der Waals surface area contributed by atoms with Crippen LogP contribution in [0.1, 0.15) is 5.56 Å². The summed E-state index contributed by atoms with van der Waals surface area (Å²) in [6, 6.07) is 10.7. The molecule has 1 saturated heterocycles. The zero-order chi connectivity index (χ0) is 19.7. The highest BCUT2D eigenvalue weighted by Crippen LogP contribution is 2.26. The van der Waals surface area contributed by atoms with Crippen molar-refractivity contribution in [2.24, 2.45) is 0 Å². The van der Waals surface area contributed by atoms with Gasteiger partial charge in [-0.05, 0) is 42.8 Å². The van der Waals surface area contributed by atoms with Crippen LogP contribution < -0.4 is 4.90 Å². The Bertz CT molecular complexity index is 1080. The van der Waals surface area contributed by atoms with Gasteiger partial charge in [0.2, 0.25) is 10.0 Å². The number of hydrogen-bond donors (Lipinski definition) is 1. The molecule has 0 amide bonds. The SMILES string of the molecule is Cc1cc(Cl)ccc1S(=O)(=O)N1CCN(c2cc(-c3ccncc3)[nH]n2)CC1. The van der Waals surface area contributed by atoms with Crippen LogP contribution in [0.25, 0.3) is 11.3 Å². The third kappa shape index (κ3) is 3.63. The van der Waals surface area contributed by atoms with Crippen molar-refractivity contribution >= 4 is 27.4 Å². The van der Waals surface area contributed by atoms with Gasteiger partial charge in [0.05, 0.1) is 10.6 Å². The summed E-state index contributed by atoms with van der Waals surface area (Å²) < 4.78 is 27.5. The van der Waals surface area contributed by atoms with Gasteiger partial charge >= 0.3 is 0 Å². The van der Waals surface area contributed by atoms with Crippen molar-refractivity contribution in [3.05, 3.63) is 59.4 Å². The van der Waals surface area contributed by atoms with E-state index in [4.69, 9.17) is 11.6 Å². The minimum atomic E-state index is -3.54. The number of H-pyrrole nitrogens is 1. The maximum atomic E-state index is 13.0. The topological polar surface area (TPSA) is 82.2 Å². The lowest BCUT2D eigenvalue weighted by Gasteiger charge is -2.34. The van der Waals surface area contributed by atoms with E-state index in [1.165, 1.54) is 4.31 Å². The standard InChI is InChI=1S/C19H20ClN5O2S/c1-14-12-16(20)2-3-18(14)28(26,27)25-10-8-24(9-11-25)19-13-17(22-23-19)15-4-6-21-7-5-15/h2-7,12-13H,8-11H2,1H3,(H,22,23). The normalized spacial score (nSPS) is 15.7. The van der Waals surface area contributed by atoms with Crippen LogP contribution in [-0.2, 0) is 10.0 Å². The van der Waals surface area contributed by atoms with Crippen molar-refractivity contribution in [2.75, 3.05) is 31.1 Å². The second-order valence-corrected chi connectivity index (χ2v) is 9.02. The monoisotopic (exact) mass is 417 g/mol. The highest BCUT2D eigenvalue weighted by molar-refractivity contribution is 7.89. The van der Waals surface area contributed by atoms with Crippen molar-refractivity contribution in [2.45, 2.75) is 11.8 Å². The molecule has 0 unspecified atom stereocenters. The molecule has 0 spiro atoms. The van der Waals surface area contributed by atoms with Crippen LogP contribution in [0.4, 0.5) is 5.82 Å². The van der Waals surface area contributed by atoms with Crippen molar-refractivity contribution in [1.29, 1.82) is 0 Å². The fourth-order valence-corrected chi connectivity index (χ4v) is 5.21. The molecule has 0 aliphatic carbocycles. The molecule has 1 aliphatic rings. The van der Waals surface area contributed by atoms with E-state index in [0.29, 0.717) is 41.7 Å². The molecule has 146 valence electrons. The predicted molar refractivity (Wildman–Crippen MR) is 109 cm³/mol. The molecule has 0 atom stereocenters. The van der Waals surface area contributed by atoms with Crippen LogP contribution in [-0.4, -0.2) is 54.1 Å². The second-order valence-electron chi connectivity index (χ2n) is 6.68. The number of nitrogens with zero attached hydrogens (tertiary/aromatic N) is 4. The van der Waals surface area contributed by atoms with Crippen LogP contribution >= 0.6 is 11.6 Å². The van der Waals surface area contributed by atoms with E-state index in [1.54, 1.807) is 37.5 Å². The molecule has 3 heterocycles. The zero-order valence-corrected chi connectivity index (χ0v) is 16.9. The summed E-state index contributed by atoms with van der Waals surface area (Å²) >= 11 is 5.96. The lowest BCUT2D eigenvalue weighted by atomic mass is 10.2. The lowest BCUT2D eigenvalue weighted by molar-refractivity contribution is 0.383. The molecule has 0 radical (unpaired) electrons. The van der Waals surface area contributed by atoms with Crippen molar-refractivity contribution in [1.82, 2.24) is 19.5 Å². The van der Waals surface area contributed by atoms with Crippen LogP contribution in [0.3, 0.4) is 0 Å². The van der Waals surface area contributed by atoms with Gasteiger partial charge in [0.1, 0.15) is 0 Å². The molecule has 4 rings (SSSR count). The highest BCUT2D eigenvalue weighted by Gasteiger charge is 2.30. The Morgan fingerprint density at radius 3 is 2.43 bits per heavy atom. The van der Waals surface area contributed by atoms with Crippen molar-refractivity contribution in [3.8, 4) is 11.3 Å². The molecule has 28 heavy (non-hydrogen) atoms. The molecule has 7 nitrogen and oxygen atoms in total. The van der Waals surface area contributed by atoms with Gasteiger partial charge in [-0.1, -0.05) is 11.6 Å². The van der Waals surface area contributed by atoms with Gasteiger partial charge in [0.25, 0.3) is 0 Å². The first-order chi connectivity index (χ1) is 13.4. The average molecular weight is 418 g/mol. The lowest BCUT2D eigenvalue weighted by Crippen LogP contribution is -2.48. The number of pyridine rings is 1. The van der Waals surface area contributed by atoms with Gasteiger partial charge < -0.3 is 4.90 Å². The Kier molecular flexibility index (Phi) is 5.09. The summed E-state index contributed by atoms with van der Waals surface area (Å²) in [5.74, 6) is 0.812.